The van der Waals surface area contributed by atoms with E-state index in [1.54, 1.807) is 25.2 Å². The monoisotopic (exact) mass is 953 g/mol. The number of benzene rings is 3. The van der Waals surface area contributed by atoms with E-state index in [4.69, 9.17) is 56.3 Å². The molecule has 3 aromatic carbocycles. The van der Waals surface area contributed by atoms with Crippen molar-refractivity contribution in [1.82, 2.24) is 0 Å². The third kappa shape index (κ3) is 14.1. The summed E-state index contributed by atoms with van der Waals surface area (Å²) in [6.07, 6.45) is -6.57. The molecule has 370 valence electrons. The lowest BCUT2D eigenvalue weighted by Crippen LogP contribution is -2.55. The topological polar surface area (TPSA) is 185 Å². The zero-order chi connectivity index (χ0) is 48.4. The average molecular weight is 954 g/mol. The van der Waals surface area contributed by atoms with Crippen LogP contribution in [0.4, 0.5) is 10.1 Å². The summed E-state index contributed by atoms with van der Waals surface area (Å²) < 4.78 is 111. The summed E-state index contributed by atoms with van der Waals surface area (Å²) >= 11 is 0. The number of aliphatic hydroxyl groups excluding tert-OH is 1. The molecule has 1 saturated heterocycles. The van der Waals surface area contributed by atoms with Crippen LogP contribution in [0.25, 0.3) is 0 Å². The number of amides is 1. The minimum Gasteiger partial charge on any atom is -0.496 e. The maximum absolute atomic E-state index is 13.9. The highest BCUT2D eigenvalue weighted by Crippen LogP contribution is 2.49. The first-order chi connectivity index (χ1) is 31.8. The van der Waals surface area contributed by atoms with Gasteiger partial charge in [-0.15, -0.1) is 0 Å². The number of carbonyl (C=O) groups excluding carboxylic acids is 1. The Hall–Kier alpha value is -3.83. The van der Waals surface area contributed by atoms with Crippen LogP contribution >= 0.6 is 0 Å². The third-order valence-electron chi connectivity index (χ3n) is 11.8. The van der Waals surface area contributed by atoms with E-state index in [1.165, 1.54) is 93.3 Å². The van der Waals surface area contributed by atoms with Crippen LogP contribution in [0, 0.1) is 11.7 Å². The van der Waals surface area contributed by atoms with Gasteiger partial charge in [0.25, 0.3) is 0 Å². The second kappa shape index (κ2) is 27.2. The highest BCUT2D eigenvalue weighted by Gasteiger charge is 2.50. The molecule has 0 aliphatic carbocycles. The molecule has 1 amide bonds. The van der Waals surface area contributed by atoms with Crippen LogP contribution in [0.5, 0.6) is 11.5 Å². The van der Waals surface area contributed by atoms with Crippen molar-refractivity contribution in [3.05, 3.63) is 89.7 Å². The lowest BCUT2D eigenvalue weighted by atomic mass is 9.78. The van der Waals surface area contributed by atoms with Crippen LogP contribution in [0.3, 0.4) is 0 Å². The molecule has 0 saturated carbocycles. The fourth-order valence-electron chi connectivity index (χ4n) is 8.44. The minimum atomic E-state index is -4.42. The number of anilines is 1. The number of hydrogen-bond donors (Lipinski definition) is 1. The maximum Gasteiger partial charge on any atom is 0.311 e. The lowest BCUT2D eigenvalue weighted by Gasteiger charge is -2.48. The standard InChI is InChI=1S/C47H68FNO16S/c1-54-26-24-37(56-3)42(59-6)45(62-9)47(63-10)64-38(25-27-55-2)43(60-7)44(61-8)40(58-5)29-66(52,53)65-33-20-21-34(39(28-33)57-4)41-35(46(51)49(41)32-14-12-11-13-15-32)22-23-36(50)30-16-18-31(48)19-17-30/h11-21,28,35-38,40-45,47,50H,22-27,29H2,1-10H3/t35-,36+,37-,38-,40?,41-,42+,43+,44-,45+,47?/m1/s1. The van der Waals surface area contributed by atoms with Gasteiger partial charge < -0.3 is 66.3 Å². The van der Waals surface area contributed by atoms with Crippen LogP contribution in [0.2, 0.25) is 0 Å². The molecule has 4 rings (SSSR count). The van der Waals surface area contributed by atoms with Crippen LogP contribution in [-0.2, 0) is 62.3 Å². The summed E-state index contributed by atoms with van der Waals surface area (Å²) in [6, 6.07) is 18.8. The summed E-state index contributed by atoms with van der Waals surface area (Å²) in [5, 5.41) is 10.9. The largest absolute Gasteiger partial charge is 0.496 e. The number of carbonyl (C=O) groups is 1. The van der Waals surface area contributed by atoms with E-state index in [2.05, 4.69) is 0 Å². The Kier molecular flexibility index (Phi) is 22.6. The van der Waals surface area contributed by atoms with Crippen molar-refractivity contribution in [3.8, 4) is 11.5 Å². The van der Waals surface area contributed by atoms with E-state index < -0.39 is 88.8 Å². The normalized spacial score (nSPS) is 19.5. The van der Waals surface area contributed by atoms with Crippen molar-refractivity contribution in [3.63, 3.8) is 0 Å². The number of halogens is 1. The Balaban J connectivity index is 1.57. The van der Waals surface area contributed by atoms with E-state index >= 15 is 0 Å². The molecule has 0 aromatic heterocycles. The van der Waals surface area contributed by atoms with Gasteiger partial charge in [0.05, 0.1) is 37.4 Å². The predicted molar refractivity (Wildman–Crippen MR) is 242 cm³/mol. The highest BCUT2D eigenvalue weighted by atomic mass is 32.2. The molecule has 3 aromatic rings. The summed E-state index contributed by atoms with van der Waals surface area (Å²) in [5.41, 5.74) is 1.79. The van der Waals surface area contributed by atoms with Gasteiger partial charge in [0.2, 0.25) is 5.91 Å². The Bertz CT molecular complexity index is 1980. The molecular weight excluding hydrogens is 886 g/mol. The molecule has 0 bridgehead atoms. The Labute approximate surface area is 388 Å². The number of methoxy groups -OCH3 is 10. The van der Waals surface area contributed by atoms with Crippen molar-refractivity contribution in [2.75, 3.05) is 95.0 Å². The fourth-order valence-corrected chi connectivity index (χ4v) is 9.64. The first-order valence-electron chi connectivity index (χ1n) is 21.5. The quantitative estimate of drug-likeness (QED) is 0.0484. The number of aliphatic hydroxyl groups is 1. The van der Waals surface area contributed by atoms with Crippen molar-refractivity contribution in [2.24, 2.45) is 5.92 Å². The van der Waals surface area contributed by atoms with Gasteiger partial charge in [-0.3, -0.25) is 4.79 Å². The molecule has 66 heavy (non-hydrogen) atoms. The smallest absolute Gasteiger partial charge is 0.311 e. The summed E-state index contributed by atoms with van der Waals surface area (Å²) in [5.74, 6) is -1.59. The van der Waals surface area contributed by atoms with E-state index in [1.807, 2.05) is 30.3 Å². The highest BCUT2D eigenvalue weighted by molar-refractivity contribution is 7.87. The molecule has 1 fully saturated rings. The van der Waals surface area contributed by atoms with Crippen molar-refractivity contribution < 1.29 is 79.0 Å². The molecule has 19 heteroatoms. The number of ether oxygens (including phenoxy) is 11. The molecule has 11 atom stereocenters. The average Bonchev–Trinajstić information content (AvgIpc) is 3.32. The molecule has 1 heterocycles. The molecule has 1 aliphatic rings. The summed E-state index contributed by atoms with van der Waals surface area (Å²) in [7, 11) is 10.4. The Morgan fingerprint density at radius 1 is 0.667 bits per heavy atom. The SMILES string of the molecule is COCC[C@@H](OC(OC)[C@@H](OC)[C@@H](OC)[C@@H](CCOC)OC)[C@H](OC)[C@H](OC)C(CS(=O)(=O)Oc1ccc([C@@H]2[C@@H](CC[C@H](O)c3ccc(F)cc3)C(=O)N2c2ccccc2)c(OC)c1)OC. The summed E-state index contributed by atoms with van der Waals surface area (Å²) in [4.78, 5) is 15.4. The molecule has 0 spiro atoms. The second-order valence-electron chi connectivity index (χ2n) is 15.6. The second-order valence-corrected chi connectivity index (χ2v) is 17.3. The van der Waals surface area contributed by atoms with E-state index in [0.29, 0.717) is 36.3 Å². The fraction of sp³-hybridized carbons (Fsp3) is 0.596. The van der Waals surface area contributed by atoms with E-state index in [-0.39, 0.29) is 36.9 Å². The maximum atomic E-state index is 13.9. The number of hydrogen-bond acceptors (Lipinski definition) is 16. The number of β-lactam (4-membered cyclic amide) rings is 1. The number of para-hydroxylation sites is 1. The first kappa shape index (κ1) is 54.8. The van der Waals surface area contributed by atoms with Crippen molar-refractivity contribution in [2.45, 2.75) is 86.8 Å². The Morgan fingerprint density at radius 3 is 1.79 bits per heavy atom. The van der Waals surface area contributed by atoms with Crippen molar-refractivity contribution in [1.29, 1.82) is 0 Å². The number of rotatable bonds is 32. The van der Waals surface area contributed by atoms with Gasteiger partial charge in [0, 0.05) is 94.5 Å². The zero-order valence-electron chi connectivity index (χ0n) is 39.5. The lowest BCUT2D eigenvalue weighted by molar-refractivity contribution is -0.267. The van der Waals surface area contributed by atoms with Gasteiger partial charge in [-0.2, -0.15) is 8.42 Å². The minimum absolute atomic E-state index is 0.0506. The van der Waals surface area contributed by atoms with Gasteiger partial charge in [-0.1, -0.05) is 30.3 Å². The molecule has 1 N–H and O–H groups in total. The molecule has 1 aliphatic heterocycles. The van der Waals surface area contributed by atoms with Gasteiger partial charge in [-0.05, 0) is 67.6 Å². The zero-order valence-corrected chi connectivity index (χ0v) is 40.3. The molecule has 2 unspecified atom stereocenters. The molecule has 17 nitrogen and oxygen atoms in total. The van der Waals surface area contributed by atoms with E-state index in [0.717, 1.165) is 0 Å². The van der Waals surface area contributed by atoms with Gasteiger partial charge in [0.15, 0.2) is 6.29 Å². The first-order valence-corrected chi connectivity index (χ1v) is 23.1. The van der Waals surface area contributed by atoms with Crippen molar-refractivity contribution >= 4 is 21.7 Å². The van der Waals surface area contributed by atoms with Gasteiger partial charge >= 0.3 is 10.1 Å². The van der Waals surface area contributed by atoms with E-state index in [9.17, 15) is 22.7 Å². The van der Waals surface area contributed by atoms with Crippen LogP contribution in [0.1, 0.15) is 49.0 Å². The number of nitrogens with zero attached hydrogens (tertiary/aromatic N) is 1. The van der Waals surface area contributed by atoms with Crippen LogP contribution < -0.4 is 13.8 Å². The Morgan fingerprint density at radius 2 is 1.24 bits per heavy atom. The van der Waals surface area contributed by atoms with Crippen LogP contribution in [0.15, 0.2) is 72.8 Å². The van der Waals surface area contributed by atoms with Gasteiger partial charge in [-0.25, -0.2) is 4.39 Å². The predicted octanol–water partition coefficient (Wildman–Crippen LogP) is 5.28. The van der Waals surface area contributed by atoms with Gasteiger partial charge in [0.1, 0.15) is 53.6 Å². The molecular formula is C47H68FNO16S. The van der Waals surface area contributed by atoms with Crippen LogP contribution in [-0.4, -0.2) is 159 Å². The summed E-state index contributed by atoms with van der Waals surface area (Å²) in [6.45, 7) is 0.630. The molecule has 0 radical (unpaired) electrons. The third-order valence-corrected chi connectivity index (χ3v) is 13.0.